The van der Waals surface area contributed by atoms with E-state index in [1.54, 1.807) is 18.6 Å². The van der Waals surface area contributed by atoms with Gasteiger partial charge in [-0.2, -0.15) is 0 Å². The minimum absolute atomic E-state index is 0.228. The van der Waals surface area contributed by atoms with Gasteiger partial charge < -0.3 is 15.4 Å². The number of amidine groups is 1. The molecule has 1 aromatic heterocycles. The third-order valence-electron chi connectivity index (χ3n) is 3.14. The monoisotopic (exact) mass is 356 g/mol. The molecule has 1 heterocycles. The van der Waals surface area contributed by atoms with Gasteiger partial charge in [-0.1, -0.05) is 24.8 Å². The average molecular weight is 356 g/mol. The molecule has 25 heavy (non-hydrogen) atoms. The molecule has 130 valence electrons. The summed E-state index contributed by atoms with van der Waals surface area (Å²) < 4.78 is 5.11. The number of hydrogen-bond donors (Lipinski definition) is 2. The van der Waals surface area contributed by atoms with E-state index in [2.05, 4.69) is 27.2 Å². The SMILES string of the molecule is C=CN=C(/C=C\C)Nc1nc(C(=O)NCc2ccc(OC)cc2)cs1. The first-order valence-corrected chi connectivity index (χ1v) is 8.49. The predicted octanol–water partition coefficient (Wildman–Crippen LogP) is 3.61. The maximum absolute atomic E-state index is 12.2. The number of carbonyl (C=O) groups is 1. The van der Waals surface area contributed by atoms with Gasteiger partial charge in [0.05, 0.1) is 7.11 Å². The Balaban J connectivity index is 1.95. The third-order valence-corrected chi connectivity index (χ3v) is 3.90. The topological polar surface area (TPSA) is 75.6 Å². The van der Waals surface area contributed by atoms with Crippen LogP contribution in [0, 0.1) is 0 Å². The van der Waals surface area contributed by atoms with Crippen LogP contribution in [0.3, 0.4) is 0 Å². The first kappa shape index (κ1) is 18.4. The molecule has 0 aliphatic heterocycles. The molecule has 7 heteroatoms. The average Bonchev–Trinajstić information content (AvgIpc) is 3.09. The molecule has 0 saturated carbocycles. The quantitative estimate of drug-likeness (QED) is 0.587. The van der Waals surface area contributed by atoms with Gasteiger partial charge in [0.2, 0.25) is 0 Å². The zero-order valence-corrected chi connectivity index (χ0v) is 15.0. The van der Waals surface area contributed by atoms with Gasteiger partial charge in [-0.25, -0.2) is 9.98 Å². The summed E-state index contributed by atoms with van der Waals surface area (Å²) in [7, 11) is 1.62. The number of aliphatic imine (C=N–C) groups is 1. The van der Waals surface area contributed by atoms with E-state index in [0.717, 1.165) is 11.3 Å². The minimum Gasteiger partial charge on any atom is -0.497 e. The highest BCUT2D eigenvalue weighted by molar-refractivity contribution is 7.14. The molecule has 1 aromatic carbocycles. The Morgan fingerprint density at radius 2 is 2.16 bits per heavy atom. The second-order valence-electron chi connectivity index (χ2n) is 4.89. The number of rotatable bonds is 7. The van der Waals surface area contributed by atoms with Crippen LogP contribution in [-0.2, 0) is 6.54 Å². The van der Waals surface area contributed by atoms with Gasteiger partial charge in [0.15, 0.2) is 5.13 Å². The molecule has 0 aliphatic carbocycles. The fourth-order valence-electron chi connectivity index (χ4n) is 1.93. The van der Waals surface area contributed by atoms with Gasteiger partial charge >= 0.3 is 0 Å². The number of hydrogen-bond acceptors (Lipinski definition) is 5. The van der Waals surface area contributed by atoms with Crippen molar-refractivity contribution in [2.45, 2.75) is 13.5 Å². The van der Waals surface area contributed by atoms with Crippen molar-refractivity contribution in [3.05, 3.63) is 65.8 Å². The first-order valence-electron chi connectivity index (χ1n) is 7.61. The Kier molecular flexibility index (Phi) is 6.91. The van der Waals surface area contributed by atoms with Crippen molar-refractivity contribution in [3.8, 4) is 5.75 Å². The predicted molar refractivity (Wildman–Crippen MR) is 102 cm³/mol. The van der Waals surface area contributed by atoms with Gasteiger partial charge in [0.25, 0.3) is 5.91 Å². The summed E-state index contributed by atoms with van der Waals surface area (Å²) >= 11 is 1.34. The second kappa shape index (κ2) is 9.39. The number of allylic oxidation sites excluding steroid dienone is 1. The van der Waals surface area contributed by atoms with Crippen LogP contribution in [0.4, 0.5) is 5.13 Å². The summed E-state index contributed by atoms with van der Waals surface area (Å²) in [5, 5.41) is 8.19. The van der Waals surface area contributed by atoms with Crippen LogP contribution in [0.2, 0.25) is 0 Å². The van der Waals surface area contributed by atoms with Gasteiger partial charge in [0, 0.05) is 18.1 Å². The summed E-state index contributed by atoms with van der Waals surface area (Å²) in [5.74, 6) is 1.16. The highest BCUT2D eigenvalue weighted by Gasteiger charge is 2.11. The van der Waals surface area contributed by atoms with E-state index in [9.17, 15) is 4.79 Å². The lowest BCUT2D eigenvalue weighted by atomic mass is 10.2. The Bertz CT molecular complexity index is 779. The summed E-state index contributed by atoms with van der Waals surface area (Å²) in [5.41, 5.74) is 1.34. The molecule has 0 radical (unpaired) electrons. The summed E-state index contributed by atoms with van der Waals surface area (Å²) in [6.45, 7) is 5.88. The molecular weight excluding hydrogens is 336 g/mol. The van der Waals surface area contributed by atoms with Crippen molar-refractivity contribution in [3.63, 3.8) is 0 Å². The molecule has 0 spiro atoms. The van der Waals surface area contributed by atoms with Crippen LogP contribution in [-0.4, -0.2) is 23.8 Å². The molecule has 0 bridgehead atoms. The molecule has 1 amide bonds. The number of nitrogens with zero attached hydrogens (tertiary/aromatic N) is 2. The molecule has 0 aliphatic rings. The molecule has 0 fully saturated rings. The van der Waals surface area contributed by atoms with Crippen molar-refractivity contribution in [2.24, 2.45) is 4.99 Å². The third kappa shape index (κ3) is 5.58. The number of amides is 1. The van der Waals surface area contributed by atoms with Gasteiger partial charge in [-0.15, -0.1) is 11.3 Å². The summed E-state index contributed by atoms with van der Waals surface area (Å²) in [6, 6.07) is 7.52. The fourth-order valence-corrected chi connectivity index (χ4v) is 2.63. The summed E-state index contributed by atoms with van der Waals surface area (Å²) in [4.78, 5) is 20.6. The maximum Gasteiger partial charge on any atom is 0.271 e. The highest BCUT2D eigenvalue weighted by Crippen LogP contribution is 2.16. The molecule has 2 N–H and O–H groups in total. The van der Waals surface area contributed by atoms with Crippen LogP contribution in [0.5, 0.6) is 5.75 Å². The van der Waals surface area contributed by atoms with Crippen molar-refractivity contribution in [1.29, 1.82) is 0 Å². The van der Waals surface area contributed by atoms with Crippen molar-refractivity contribution < 1.29 is 9.53 Å². The van der Waals surface area contributed by atoms with Crippen LogP contribution in [0.1, 0.15) is 23.0 Å². The number of ether oxygens (including phenoxy) is 1. The minimum atomic E-state index is -0.228. The fraction of sp³-hybridized carbons (Fsp3) is 0.167. The van der Waals surface area contributed by atoms with Crippen molar-refractivity contribution in [2.75, 3.05) is 12.4 Å². The number of nitrogens with one attached hydrogen (secondary N) is 2. The number of benzene rings is 1. The van der Waals surface area contributed by atoms with E-state index in [1.807, 2.05) is 37.3 Å². The highest BCUT2D eigenvalue weighted by atomic mass is 32.1. The molecule has 0 atom stereocenters. The lowest BCUT2D eigenvalue weighted by Crippen LogP contribution is -2.23. The lowest BCUT2D eigenvalue weighted by molar-refractivity contribution is 0.0946. The van der Waals surface area contributed by atoms with Crippen LogP contribution < -0.4 is 15.4 Å². The Hall–Kier alpha value is -2.93. The van der Waals surface area contributed by atoms with Crippen LogP contribution in [0.25, 0.3) is 0 Å². The Morgan fingerprint density at radius 3 is 2.80 bits per heavy atom. The van der Waals surface area contributed by atoms with Crippen LogP contribution in [0.15, 0.2) is 59.6 Å². The Labute approximate surface area is 151 Å². The molecule has 0 unspecified atom stereocenters. The largest absolute Gasteiger partial charge is 0.497 e. The van der Waals surface area contributed by atoms with Gasteiger partial charge in [-0.3, -0.25) is 4.79 Å². The number of methoxy groups -OCH3 is 1. The van der Waals surface area contributed by atoms with Gasteiger partial charge in [0.1, 0.15) is 17.3 Å². The van der Waals surface area contributed by atoms with E-state index >= 15 is 0 Å². The lowest BCUT2D eigenvalue weighted by Gasteiger charge is -2.05. The molecule has 6 nitrogen and oxygen atoms in total. The summed E-state index contributed by atoms with van der Waals surface area (Å²) in [6.07, 6.45) is 5.09. The van der Waals surface area contributed by atoms with E-state index in [-0.39, 0.29) is 5.91 Å². The van der Waals surface area contributed by atoms with E-state index < -0.39 is 0 Å². The van der Waals surface area contributed by atoms with E-state index in [1.165, 1.54) is 17.5 Å². The normalized spacial score (nSPS) is 11.4. The standard InChI is InChI=1S/C18H20N4O2S/c1-4-6-16(19-5-2)22-18-21-15(12-25-18)17(23)20-11-13-7-9-14(24-3)10-8-13/h4-10,12H,2,11H2,1,3H3,(H,20,23)(H,19,21,22)/b6-4-. The zero-order valence-electron chi connectivity index (χ0n) is 14.2. The zero-order chi connectivity index (χ0) is 18.1. The van der Waals surface area contributed by atoms with Crippen LogP contribution >= 0.6 is 11.3 Å². The molecule has 2 aromatic rings. The number of carbonyl (C=O) groups excluding carboxylic acids is 1. The van der Waals surface area contributed by atoms with E-state index in [0.29, 0.717) is 23.2 Å². The number of anilines is 1. The van der Waals surface area contributed by atoms with Crippen molar-refractivity contribution >= 4 is 28.2 Å². The second-order valence-corrected chi connectivity index (χ2v) is 5.75. The molecule has 0 saturated heterocycles. The molecule has 2 rings (SSSR count). The van der Waals surface area contributed by atoms with Crippen molar-refractivity contribution in [1.82, 2.24) is 10.3 Å². The first-order chi connectivity index (χ1) is 12.2. The maximum atomic E-state index is 12.2. The van der Waals surface area contributed by atoms with E-state index in [4.69, 9.17) is 4.74 Å². The Morgan fingerprint density at radius 1 is 1.40 bits per heavy atom. The van der Waals surface area contributed by atoms with Gasteiger partial charge in [-0.05, 0) is 30.7 Å². The molecular formula is C18H20N4O2S. The number of thiazole rings is 1. The smallest absolute Gasteiger partial charge is 0.271 e. The number of aromatic nitrogens is 1.